The Morgan fingerprint density at radius 3 is 2.05 bits per heavy atom. The molecular weight excluding hydrogens is 521 g/mol. The van der Waals surface area contributed by atoms with Gasteiger partial charge in [0.2, 0.25) is 5.91 Å². The number of halogens is 7. The van der Waals surface area contributed by atoms with Crippen molar-refractivity contribution in [3.63, 3.8) is 0 Å². The summed E-state index contributed by atoms with van der Waals surface area (Å²) in [5.41, 5.74) is -2.02. The molecule has 208 valence electrons. The fourth-order valence-electron chi connectivity index (χ4n) is 4.52. The van der Waals surface area contributed by atoms with E-state index in [4.69, 9.17) is 0 Å². The van der Waals surface area contributed by atoms with Gasteiger partial charge in [0.15, 0.2) is 0 Å². The van der Waals surface area contributed by atoms with Gasteiger partial charge in [-0.25, -0.2) is 4.39 Å². The first kappa shape index (κ1) is 29.4. The summed E-state index contributed by atoms with van der Waals surface area (Å²) in [6.07, 6.45) is -10.9. The average molecular weight is 548 g/mol. The number of amides is 2. The van der Waals surface area contributed by atoms with Crippen LogP contribution in [-0.4, -0.2) is 53.0 Å². The fourth-order valence-corrected chi connectivity index (χ4v) is 4.52. The highest BCUT2D eigenvalue weighted by Crippen LogP contribution is 2.36. The summed E-state index contributed by atoms with van der Waals surface area (Å²) in [6, 6.07) is 5.22. The predicted octanol–water partition coefficient (Wildman–Crippen LogP) is 4.97. The molecule has 0 aromatic heterocycles. The first-order valence-electron chi connectivity index (χ1n) is 11.8. The van der Waals surface area contributed by atoms with Gasteiger partial charge in [0.1, 0.15) is 11.9 Å². The highest BCUT2D eigenvalue weighted by Gasteiger charge is 2.37. The first-order chi connectivity index (χ1) is 17.6. The number of alkyl halides is 6. The Hall–Kier alpha value is -3.15. The van der Waals surface area contributed by atoms with Crippen LogP contribution in [0.15, 0.2) is 36.4 Å². The zero-order valence-corrected chi connectivity index (χ0v) is 20.7. The van der Waals surface area contributed by atoms with E-state index in [1.165, 1.54) is 30.1 Å². The number of piperidine rings is 1. The lowest BCUT2D eigenvalue weighted by Crippen LogP contribution is -2.47. The van der Waals surface area contributed by atoms with Crippen LogP contribution in [0.25, 0.3) is 0 Å². The molecule has 0 saturated carbocycles. The second kappa shape index (κ2) is 11.3. The molecule has 1 atom stereocenters. The minimum Gasteiger partial charge on any atom is -0.383 e. The van der Waals surface area contributed by atoms with Crippen LogP contribution in [0.2, 0.25) is 0 Å². The van der Waals surface area contributed by atoms with E-state index in [0.717, 1.165) is 4.90 Å². The molecule has 38 heavy (non-hydrogen) atoms. The molecule has 0 spiro atoms. The van der Waals surface area contributed by atoms with Gasteiger partial charge in [0.05, 0.1) is 11.1 Å². The molecule has 1 N–H and O–H groups in total. The molecule has 0 bridgehead atoms. The smallest absolute Gasteiger partial charge is 0.383 e. The number of carbonyl (C=O) groups excluding carboxylic acids is 2. The Labute approximate surface area is 214 Å². The van der Waals surface area contributed by atoms with E-state index in [0.29, 0.717) is 23.3 Å². The standard InChI is InChI=1S/C26H27F7N2O3/c1-15-9-21(27)4-3-18(15)12-22(36)24(38)35-7-5-17(6-8-35)23(37)34(2)14-16-10-19(25(28,29)30)13-20(11-16)26(31,32)33/h3-4,9-11,13,17,22,36H,5-8,12,14H2,1-2H3. The number of aryl methyl sites for hydroxylation is 1. The number of rotatable bonds is 6. The number of aliphatic hydroxyl groups excluding tert-OH is 1. The molecule has 3 rings (SSSR count). The summed E-state index contributed by atoms with van der Waals surface area (Å²) < 4.78 is 92.0. The maximum Gasteiger partial charge on any atom is 0.416 e. The van der Waals surface area contributed by atoms with Crippen molar-refractivity contribution in [3.05, 3.63) is 70.0 Å². The summed E-state index contributed by atoms with van der Waals surface area (Å²) in [4.78, 5) is 28.0. The molecule has 2 amide bonds. The molecule has 1 saturated heterocycles. The molecule has 2 aromatic rings. The molecule has 1 fully saturated rings. The quantitative estimate of drug-likeness (QED) is 0.519. The van der Waals surface area contributed by atoms with Gasteiger partial charge in [-0.05, 0) is 66.8 Å². The largest absolute Gasteiger partial charge is 0.416 e. The highest BCUT2D eigenvalue weighted by molar-refractivity contribution is 5.82. The van der Waals surface area contributed by atoms with Gasteiger partial charge in [0.25, 0.3) is 5.91 Å². The summed E-state index contributed by atoms with van der Waals surface area (Å²) >= 11 is 0. The van der Waals surface area contributed by atoms with Crippen LogP contribution in [-0.2, 0) is 34.9 Å². The molecule has 1 aliphatic rings. The highest BCUT2D eigenvalue weighted by atomic mass is 19.4. The lowest BCUT2D eigenvalue weighted by atomic mass is 9.94. The third-order valence-corrected chi connectivity index (χ3v) is 6.60. The Bertz CT molecular complexity index is 1140. The predicted molar refractivity (Wildman–Crippen MR) is 123 cm³/mol. The molecule has 1 heterocycles. The van der Waals surface area contributed by atoms with E-state index in [-0.39, 0.29) is 44.0 Å². The zero-order valence-electron chi connectivity index (χ0n) is 20.7. The van der Waals surface area contributed by atoms with E-state index in [1.54, 1.807) is 6.92 Å². The lowest BCUT2D eigenvalue weighted by molar-refractivity contribution is -0.145. The van der Waals surface area contributed by atoms with Gasteiger partial charge in [-0.2, -0.15) is 26.3 Å². The molecule has 1 aliphatic heterocycles. The van der Waals surface area contributed by atoms with E-state index in [2.05, 4.69) is 0 Å². The van der Waals surface area contributed by atoms with Crippen molar-refractivity contribution in [1.29, 1.82) is 0 Å². The van der Waals surface area contributed by atoms with Crippen molar-refractivity contribution in [3.8, 4) is 0 Å². The van der Waals surface area contributed by atoms with Crippen LogP contribution in [0.3, 0.4) is 0 Å². The van der Waals surface area contributed by atoms with Crippen LogP contribution in [0, 0.1) is 18.7 Å². The summed E-state index contributed by atoms with van der Waals surface area (Å²) in [7, 11) is 1.29. The van der Waals surface area contributed by atoms with Crippen molar-refractivity contribution < 1.29 is 45.4 Å². The first-order valence-corrected chi connectivity index (χ1v) is 11.8. The van der Waals surface area contributed by atoms with Crippen LogP contribution >= 0.6 is 0 Å². The minimum atomic E-state index is -4.99. The normalized spacial score (nSPS) is 15.9. The molecular formula is C26H27F7N2O3. The molecule has 5 nitrogen and oxygen atoms in total. The number of likely N-dealkylation sites (tertiary alicyclic amines) is 1. The van der Waals surface area contributed by atoms with Gasteiger partial charge < -0.3 is 14.9 Å². The summed E-state index contributed by atoms with van der Waals surface area (Å²) in [6.45, 7) is 1.49. The second-order valence-electron chi connectivity index (χ2n) is 9.50. The van der Waals surface area contributed by atoms with Gasteiger partial charge in [-0.15, -0.1) is 0 Å². The van der Waals surface area contributed by atoms with Crippen molar-refractivity contribution >= 4 is 11.8 Å². The van der Waals surface area contributed by atoms with Crippen LogP contribution in [0.5, 0.6) is 0 Å². The number of benzene rings is 2. The van der Waals surface area contributed by atoms with Crippen LogP contribution in [0.4, 0.5) is 30.7 Å². The third-order valence-electron chi connectivity index (χ3n) is 6.60. The molecule has 0 radical (unpaired) electrons. The third kappa shape index (κ3) is 7.24. The Balaban J connectivity index is 1.60. The fraction of sp³-hybridized carbons (Fsp3) is 0.462. The Kier molecular flexibility index (Phi) is 8.75. The van der Waals surface area contributed by atoms with Gasteiger partial charge in [-0.1, -0.05) is 6.07 Å². The SMILES string of the molecule is Cc1cc(F)ccc1CC(O)C(=O)N1CCC(C(=O)N(C)Cc2cc(C(F)(F)F)cc(C(F)(F)F)c2)CC1. The second-order valence-corrected chi connectivity index (χ2v) is 9.50. The van der Waals surface area contributed by atoms with Crippen molar-refractivity contribution in [2.24, 2.45) is 5.92 Å². The average Bonchev–Trinajstić information content (AvgIpc) is 2.83. The topological polar surface area (TPSA) is 60.9 Å². The number of nitrogens with zero attached hydrogens (tertiary/aromatic N) is 2. The number of carbonyl (C=O) groups is 2. The van der Waals surface area contributed by atoms with Crippen molar-refractivity contribution in [2.45, 2.75) is 51.2 Å². The summed E-state index contributed by atoms with van der Waals surface area (Å²) in [5.74, 6) is -2.03. The van der Waals surface area contributed by atoms with Gasteiger partial charge in [-0.3, -0.25) is 9.59 Å². The summed E-state index contributed by atoms with van der Waals surface area (Å²) in [5, 5.41) is 10.4. The van der Waals surface area contributed by atoms with Gasteiger partial charge >= 0.3 is 12.4 Å². The Morgan fingerprint density at radius 2 is 1.55 bits per heavy atom. The number of aliphatic hydroxyl groups is 1. The minimum absolute atomic E-state index is 0.0105. The Morgan fingerprint density at radius 1 is 1.00 bits per heavy atom. The molecule has 1 unspecified atom stereocenters. The van der Waals surface area contributed by atoms with E-state index < -0.39 is 59.7 Å². The molecule has 12 heteroatoms. The number of hydrogen-bond donors (Lipinski definition) is 1. The van der Waals surface area contributed by atoms with E-state index >= 15 is 0 Å². The van der Waals surface area contributed by atoms with E-state index in [1.807, 2.05) is 0 Å². The monoisotopic (exact) mass is 548 g/mol. The van der Waals surface area contributed by atoms with Crippen molar-refractivity contribution in [2.75, 3.05) is 20.1 Å². The number of hydrogen-bond acceptors (Lipinski definition) is 3. The zero-order chi connectivity index (χ0) is 28.4. The molecule has 2 aromatic carbocycles. The van der Waals surface area contributed by atoms with Crippen LogP contribution < -0.4 is 0 Å². The lowest BCUT2D eigenvalue weighted by Gasteiger charge is -2.34. The maximum atomic E-state index is 13.3. The van der Waals surface area contributed by atoms with E-state index in [9.17, 15) is 45.4 Å². The van der Waals surface area contributed by atoms with Gasteiger partial charge in [0, 0.05) is 39.0 Å². The maximum absolute atomic E-state index is 13.3. The van der Waals surface area contributed by atoms with Crippen LogP contribution in [0.1, 0.15) is 40.7 Å². The van der Waals surface area contributed by atoms with Crippen molar-refractivity contribution in [1.82, 2.24) is 9.80 Å². The molecule has 0 aliphatic carbocycles.